The van der Waals surface area contributed by atoms with Gasteiger partial charge in [-0.05, 0) is 24.3 Å². The molecule has 0 bridgehead atoms. The Morgan fingerprint density at radius 3 is 2.47 bits per heavy atom. The molecule has 1 aromatic rings. The summed E-state index contributed by atoms with van der Waals surface area (Å²) >= 11 is 0. The van der Waals surface area contributed by atoms with Crippen LogP contribution in [0.3, 0.4) is 0 Å². The lowest BCUT2D eigenvalue weighted by atomic mass is 9.95. The van der Waals surface area contributed by atoms with Crippen molar-refractivity contribution in [1.29, 1.82) is 0 Å². The number of rotatable bonds is 6. The molecular weight excluding hydrogens is 242 g/mol. The highest BCUT2D eigenvalue weighted by Gasteiger charge is 2.50. The fraction of sp³-hybridized carbons (Fsp3) is 0.467. The molecule has 0 saturated heterocycles. The number of nitrogens with one attached hydrogen (secondary N) is 1. The molecule has 19 heavy (non-hydrogen) atoms. The smallest absolute Gasteiger partial charge is 0.303 e. The summed E-state index contributed by atoms with van der Waals surface area (Å²) in [6.07, 6.45) is 1.82. The van der Waals surface area contributed by atoms with Gasteiger partial charge in [0.15, 0.2) is 0 Å². The zero-order valence-corrected chi connectivity index (χ0v) is 11.1. The van der Waals surface area contributed by atoms with E-state index in [4.69, 9.17) is 5.11 Å². The van der Waals surface area contributed by atoms with Crippen molar-refractivity contribution >= 4 is 11.9 Å². The SMILES string of the molecule is CC(CNC(=O)C1(c2ccccc2)CC1)CC(=O)O. The number of benzene rings is 1. The molecule has 1 amide bonds. The van der Waals surface area contributed by atoms with Crippen molar-refractivity contribution in [3.05, 3.63) is 35.9 Å². The maximum absolute atomic E-state index is 12.3. The Hall–Kier alpha value is -1.84. The molecule has 1 aliphatic rings. The highest BCUT2D eigenvalue weighted by atomic mass is 16.4. The molecule has 1 unspecified atom stereocenters. The highest BCUT2D eigenvalue weighted by Crippen LogP contribution is 2.48. The summed E-state index contributed by atoms with van der Waals surface area (Å²) in [7, 11) is 0. The molecule has 2 N–H and O–H groups in total. The van der Waals surface area contributed by atoms with Crippen LogP contribution in [-0.4, -0.2) is 23.5 Å². The van der Waals surface area contributed by atoms with Gasteiger partial charge in [0, 0.05) is 13.0 Å². The van der Waals surface area contributed by atoms with Gasteiger partial charge in [-0.15, -0.1) is 0 Å². The molecule has 0 spiro atoms. The zero-order chi connectivity index (χ0) is 13.9. The van der Waals surface area contributed by atoms with Crippen LogP contribution < -0.4 is 5.32 Å². The molecule has 1 aliphatic carbocycles. The van der Waals surface area contributed by atoms with Gasteiger partial charge in [-0.25, -0.2) is 0 Å². The molecule has 102 valence electrons. The van der Waals surface area contributed by atoms with Gasteiger partial charge in [-0.3, -0.25) is 9.59 Å². The summed E-state index contributed by atoms with van der Waals surface area (Å²) in [4.78, 5) is 22.8. The monoisotopic (exact) mass is 261 g/mol. The Balaban J connectivity index is 1.92. The average molecular weight is 261 g/mol. The third-order valence-corrected chi connectivity index (χ3v) is 3.65. The van der Waals surface area contributed by atoms with Crippen molar-refractivity contribution in [2.45, 2.75) is 31.6 Å². The summed E-state index contributed by atoms with van der Waals surface area (Å²) in [5.74, 6) is -0.852. The van der Waals surface area contributed by atoms with Crippen molar-refractivity contribution in [3.63, 3.8) is 0 Å². The lowest BCUT2D eigenvalue weighted by Gasteiger charge is -2.17. The summed E-state index contributed by atoms with van der Waals surface area (Å²) in [6, 6.07) is 9.78. The summed E-state index contributed by atoms with van der Waals surface area (Å²) in [5, 5.41) is 11.6. The molecule has 4 nitrogen and oxygen atoms in total. The summed E-state index contributed by atoms with van der Waals surface area (Å²) < 4.78 is 0. The molecule has 2 rings (SSSR count). The molecule has 0 heterocycles. The second-order valence-corrected chi connectivity index (χ2v) is 5.36. The fourth-order valence-electron chi connectivity index (χ4n) is 2.34. The number of carbonyl (C=O) groups excluding carboxylic acids is 1. The Morgan fingerprint density at radius 1 is 1.32 bits per heavy atom. The van der Waals surface area contributed by atoms with E-state index in [0.29, 0.717) is 6.54 Å². The van der Waals surface area contributed by atoms with Crippen molar-refractivity contribution in [3.8, 4) is 0 Å². The number of carboxylic acid groups (broad SMARTS) is 1. The van der Waals surface area contributed by atoms with Crippen LogP contribution in [0.2, 0.25) is 0 Å². The van der Waals surface area contributed by atoms with Gasteiger partial charge in [-0.1, -0.05) is 37.3 Å². The van der Waals surface area contributed by atoms with Gasteiger partial charge < -0.3 is 10.4 Å². The molecule has 0 aromatic heterocycles. The number of carboxylic acids is 1. The Kier molecular flexibility index (Phi) is 3.88. The van der Waals surface area contributed by atoms with Gasteiger partial charge in [0.1, 0.15) is 0 Å². The predicted octanol–water partition coefficient (Wildman–Crippen LogP) is 1.95. The quantitative estimate of drug-likeness (QED) is 0.822. The van der Waals surface area contributed by atoms with Crippen LogP contribution >= 0.6 is 0 Å². The average Bonchev–Trinajstić information content (AvgIpc) is 3.18. The Bertz CT molecular complexity index is 466. The summed E-state index contributed by atoms with van der Waals surface area (Å²) in [5.41, 5.74) is 0.683. The lowest BCUT2D eigenvalue weighted by molar-refractivity contribution is -0.138. The van der Waals surface area contributed by atoms with E-state index in [2.05, 4.69) is 5.32 Å². The van der Waals surface area contributed by atoms with Crippen molar-refractivity contribution in [2.75, 3.05) is 6.54 Å². The number of aliphatic carboxylic acids is 1. The first-order valence-corrected chi connectivity index (χ1v) is 6.60. The van der Waals surface area contributed by atoms with Crippen molar-refractivity contribution in [1.82, 2.24) is 5.32 Å². The first-order chi connectivity index (χ1) is 9.04. The van der Waals surface area contributed by atoms with Crippen LogP contribution in [0, 0.1) is 5.92 Å². The predicted molar refractivity (Wildman–Crippen MR) is 71.8 cm³/mol. The van der Waals surface area contributed by atoms with Crippen molar-refractivity contribution in [2.24, 2.45) is 5.92 Å². The third-order valence-electron chi connectivity index (χ3n) is 3.65. The van der Waals surface area contributed by atoms with E-state index < -0.39 is 5.97 Å². The second kappa shape index (κ2) is 5.43. The van der Waals surface area contributed by atoms with Crippen LogP contribution in [0.1, 0.15) is 31.7 Å². The van der Waals surface area contributed by atoms with Gasteiger partial charge in [0.2, 0.25) is 5.91 Å². The van der Waals surface area contributed by atoms with E-state index >= 15 is 0 Å². The molecule has 1 saturated carbocycles. The van der Waals surface area contributed by atoms with Crippen LogP contribution in [0.5, 0.6) is 0 Å². The first-order valence-electron chi connectivity index (χ1n) is 6.60. The minimum absolute atomic E-state index is 0.0240. The standard InChI is InChI=1S/C15H19NO3/c1-11(9-13(17)18)10-16-14(19)15(7-8-15)12-5-3-2-4-6-12/h2-6,11H,7-10H2,1H3,(H,16,19)(H,17,18). The molecule has 1 atom stereocenters. The molecule has 4 heteroatoms. The van der Waals surface area contributed by atoms with Gasteiger partial charge in [-0.2, -0.15) is 0 Å². The maximum Gasteiger partial charge on any atom is 0.303 e. The number of hydrogen-bond donors (Lipinski definition) is 2. The van der Waals surface area contributed by atoms with E-state index in [9.17, 15) is 9.59 Å². The minimum atomic E-state index is -0.828. The van der Waals surface area contributed by atoms with E-state index in [-0.39, 0.29) is 23.7 Å². The molecule has 1 aromatic carbocycles. The highest BCUT2D eigenvalue weighted by molar-refractivity contribution is 5.91. The van der Waals surface area contributed by atoms with Gasteiger partial charge in [0.05, 0.1) is 5.41 Å². The van der Waals surface area contributed by atoms with Gasteiger partial charge in [0.25, 0.3) is 0 Å². The normalized spacial score (nSPS) is 17.5. The minimum Gasteiger partial charge on any atom is -0.481 e. The van der Waals surface area contributed by atoms with Crippen molar-refractivity contribution < 1.29 is 14.7 Å². The molecule has 0 radical (unpaired) electrons. The van der Waals surface area contributed by atoms with E-state index in [1.807, 2.05) is 37.3 Å². The summed E-state index contributed by atoms with van der Waals surface area (Å²) in [6.45, 7) is 2.25. The maximum atomic E-state index is 12.3. The molecular formula is C15H19NO3. The second-order valence-electron chi connectivity index (χ2n) is 5.36. The molecule has 1 fully saturated rings. The Labute approximate surface area is 112 Å². The van der Waals surface area contributed by atoms with Crippen LogP contribution in [-0.2, 0) is 15.0 Å². The number of amides is 1. The third kappa shape index (κ3) is 3.13. The first kappa shape index (κ1) is 13.6. The van der Waals surface area contributed by atoms with E-state index in [0.717, 1.165) is 18.4 Å². The number of hydrogen-bond acceptors (Lipinski definition) is 2. The van der Waals surface area contributed by atoms with E-state index in [1.54, 1.807) is 0 Å². The Morgan fingerprint density at radius 2 is 1.95 bits per heavy atom. The van der Waals surface area contributed by atoms with Crippen LogP contribution in [0.25, 0.3) is 0 Å². The van der Waals surface area contributed by atoms with Crippen LogP contribution in [0.4, 0.5) is 0 Å². The largest absolute Gasteiger partial charge is 0.481 e. The number of carbonyl (C=O) groups is 2. The lowest BCUT2D eigenvalue weighted by Crippen LogP contribution is -2.37. The molecule has 0 aliphatic heterocycles. The zero-order valence-electron chi connectivity index (χ0n) is 11.1. The topological polar surface area (TPSA) is 66.4 Å². The van der Waals surface area contributed by atoms with E-state index in [1.165, 1.54) is 0 Å². The van der Waals surface area contributed by atoms with Crippen LogP contribution in [0.15, 0.2) is 30.3 Å². The van der Waals surface area contributed by atoms with Gasteiger partial charge >= 0.3 is 5.97 Å². The fourth-order valence-corrected chi connectivity index (χ4v) is 2.34.